The van der Waals surface area contributed by atoms with Gasteiger partial charge in [0.2, 0.25) is 5.90 Å². The summed E-state index contributed by atoms with van der Waals surface area (Å²) in [6.45, 7) is 11.7. The van der Waals surface area contributed by atoms with Crippen LogP contribution in [-0.4, -0.2) is 50.2 Å². The first-order valence-corrected chi connectivity index (χ1v) is 8.37. The predicted octanol–water partition coefficient (Wildman–Crippen LogP) is 3.44. The third-order valence-corrected chi connectivity index (χ3v) is 3.79. The van der Waals surface area contributed by atoms with Crippen molar-refractivity contribution in [2.24, 2.45) is 4.99 Å². The van der Waals surface area contributed by atoms with Crippen LogP contribution in [0, 0.1) is 0 Å². The third kappa shape index (κ3) is 5.92. The van der Waals surface area contributed by atoms with Crippen molar-refractivity contribution < 1.29 is 9.47 Å². The van der Waals surface area contributed by atoms with Gasteiger partial charge >= 0.3 is 0 Å². The zero-order chi connectivity index (χ0) is 17.4. The lowest BCUT2D eigenvalue weighted by atomic mass is 10.1. The van der Waals surface area contributed by atoms with Crippen LogP contribution in [0.2, 0.25) is 5.02 Å². The Hall–Kier alpha value is -1.46. The standard InChI is InChI=1S/C17H28ClN3O2/c1-6-21(7-2)9-8-20-17(23-12(3)4)13-10-14(18)15(19)11-16(13)22-5/h10-12H,6-9,19H2,1-5H3. The molecule has 0 saturated carbocycles. The lowest BCUT2D eigenvalue weighted by Gasteiger charge is -2.19. The Morgan fingerprint density at radius 3 is 2.48 bits per heavy atom. The van der Waals surface area contributed by atoms with Gasteiger partial charge in [-0.25, -0.2) is 4.99 Å². The second-order valence-electron chi connectivity index (χ2n) is 5.45. The Bertz CT molecular complexity index is 529. The van der Waals surface area contributed by atoms with Crippen LogP contribution in [0.4, 0.5) is 5.69 Å². The fraction of sp³-hybridized carbons (Fsp3) is 0.588. The number of methoxy groups -OCH3 is 1. The summed E-state index contributed by atoms with van der Waals surface area (Å²) < 4.78 is 11.3. The van der Waals surface area contributed by atoms with Crippen LogP contribution in [0.5, 0.6) is 5.75 Å². The quantitative estimate of drug-likeness (QED) is 0.447. The van der Waals surface area contributed by atoms with Gasteiger partial charge in [0.15, 0.2) is 0 Å². The molecule has 1 rings (SSSR count). The number of ether oxygens (including phenoxy) is 2. The van der Waals surface area contributed by atoms with Gasteiger partial charge in [0.1, 0.15) is 5.75 Å². The number of halogens is 1. The summed E-state index contributed by atoms with van der Waals surface area (Å²) in [4.78, 5) is 6.93. The first kappa shape index (κ1) is 19.6. The lowest BCUT2D eigenvalue weighted by Crippen LogP contribution is -2.26. The molecular formula is C17H28ClN3O2. The van der Waals surface area contributed by atoms with Crippen LogP contribution in [0.3, 0.4) is 0 Å². The summed E-state index contributed by atoms with van der Waals surface area (Å²) in [6, 6.07) is 3.44. The zero-order valence-corrected chi connectivity index (χ0v) is 15.5. The Balaban J connectivity index is 3.08. The largest absolute Gasteiger partial charge is 0.496 e. The molecule has 2 N–H and O–H groups in total. The first-order valence-electron chi connectivity index (χ1n) is 7.99. The number of rotatable bonds is 8. The number of hydrogen-bond donors (Lipinski definition) is 1. The fourth-order valence-corrected chi connectivity index (χ4v) is 2.31. The molecule has 0 radical (unpaired) electrons. The molecule has 0 aliphatic carbocycles. The van der Waals surface area contributed by atoms with Gasteiger partial charge < -0.3 is 20.1 Å². The van der Waals surface area contributed by atoms with E-state index in [0.29, 0.717) is 28.9 Å². The molecule has 5 nitrogen and oxygen atoms in total. The number of hydrogen-bond acceptors (Lipinski definition) is 5. The van der Waals surface area contributed by atoms with Crippen LogP contribution in [0.25, 0.3) is 0 Å². The monoisotopic (exact) mass is 341 g/mol. The smallest absolute Gasteiger partial charge is 0.220 e. The van der Waals surface area contributed by atoms with Gasteiger partial charge in [-0.15, -0.1) is 0 Å². The molecule has 0 aliphatic heterocycles. The maximum absolute atomic E-state index is 6.15. The number of nitrogens with two attached hydrogens (primary N) is 1. The van der Waals surface area contributed by atoms with E-state index in [1.807, 2.05) is 13.8 Å². The molecule has 1 aromatic carbocycles. The van der Waals surface area contributed by atoms with E-state index < -0.39 is 0 Å². The zero-order valence-electron chi connectivity index (χ0n) is 14.7. The summed E-state index contributed by atoms with van der Waals surface area (Å²) in [5.41, 5.74) is 7.04. The SMILES string of the molecule is CCN(CC)CCN=C(OC(C)C)c1cc(Cl)c(N)cc1OC. The van der Waals surface area contributed by atoms with Crippen LogP contribution >= 0.6 is 11.6 Å². The van der Waals surface area contributed by atoms with E-state index in [0.717, 1.165) is 25.2 Å². The summed E-state index contributed by atoms with van der Waals surface area (Å²) in [6.07, 6.45) is 0.00300. The molecule has 0 saturated heterocycles. The molecule has 0 fully saturated rings. The second kappa shape index (κ2) is 9.63. The Kier molecular flexibility index (Phi) is 8.20. The molecule has 0 aliphatic rings. The van der Waals surface area contributed by atoms with Crippen molar-refractivity contribution in [3.63, 3.8) is 0 Å². The average Bonchev–Trinajstić information content (AvgIpc) is 2.52. The highest BCUT2D eigenvalue weighted by atomic mass is 35.5. The van der Waals surface area contributed by atoms with Crippen LogP contribution < -0.4 is 10.5 Å². The Morgan fingerprint density at radius 2 is 1.96 bits per heavy atom. The summed E-state index contributed by atoms with van der Waals surface area (Å²) in [7, 11) is 1.59. The molecule has 23 heavy (non-hydrogen) atoms. The van der Waals surface area contributed by atoms with Gasteiger partial charge in [0.05, 0.1) is 36.0 Å². The van der Waals surface area contributed by atoms with Crippen LogP contribution in [-0.2, 0) is 4.74 Å². The predicted molar refractivity (Wildman–Crippen MR) is 97.8 cm³/mol. The second-order valence-corrected chi connectivity index (χ2v) is 5.86. The van der Waals surface area contributed by atoms with Crippen molar-refractivity contribution in [2.75, 3.05) is 39.0 Å². The number of aliphatic imine (C=N–C) groups is 1. The third-order valence-electron chi connectivity index (χ3n) is 3.46. The van der Waals surface area contributed by atoms with Crippen molar-refractivity contribution in [1.29, 1.82) is 0 Å². The van der Waals surface area contributed by atoms with Crippen molar-refractivity contribution in [2.45, 2.75) is 33.8 Å². The van der Waals surface area contributed by atoms with Crippen molar-refractivity contribution >= 4 is 23.2 Å². The molecule has 0 unspecified atom stereocenters. The summed E-state index contributed by atoms with van der Waals surface area (Å²) in [5.74, 6) is 1.14. The van der Waals surface area contributed by atoms with E-state index in [-0.39, 0.29) is 6.10 Å². The molecule has 0 aromatic heterocycles. The molecule has 0 heterocycles. The number of benzene rings is 1. The fourth-order valence-electron chi connectivity index (χ4n) is 2.15. The Labute approximate surface area is 144 Å². The van der Waals surface area contributed by atoms with Crippen molar-refractivity contribution in [1.82, 2.24) is 4.90 Å². The number of likely N-dealkylation sites (N-methyl/N-ethyl adjacent to an activating group) is 1. The Morgan fingerprint density at radius 1 is 1.30 bits per heavy atom. The number of nitrogen functional groups attached to an aromatic ring is 1. The minimum atomic E-state index is 0.00300. The summed E-state index contributed by atoms with van der Waals surface area (Å²) in [5, 5.41) is 0.463. The molecule has 0 spiro atoms. The normalized spacial score (nSPS) is 12.1. The minimum absolute atomic E-state index is 0.00300. The average molecular weight is 342 g/mol. The highest BCUT2D eigenvalue weighted by Gasteiger charge is 2.16. The highest BCUT2D eigenvalue weighted by molar-refractivity contribution is 6.33. The van der Waals surface area contributed by atoms with E-state index in [1.54, 1.807) is 19.2 Å². The maximum Gasteiger partial charge on any atom is 0.220 e. The number of nitrogens with zero attached hydrogens (tertiary/aromatic N) is 2. The van der Waals surface area contributed by atoms with Crippen LogP contribution in [0.15, 0.2) is 17.1 Å². The van der Waals surface area contributed by atoms with Crippen LogP contribution in [0.1, 0.15) is 33.3 Å². The van der Waals surface area contributed by atoms with Gasteiger partial charge in [-0.05, 0) is 33.0 Å². The van der Waals surface area contributed by atoms with Gasteiger partial charge in [-0.1, -0.05) is 25.4 Å². The molecule has 1 aromatic rings. The minimum Gasteiger partial charge on any atom is -0.496 e. The molecule has 130 valence electrons. The maximum atomic E-state index is 6.15. The van der Waals surface area contributed by atoms with Crippen molar-refractivity contribution in [3.8, 4) is 5.75 Å². The van der Waals surface area contributed by atoms with Gasteiger partial charge in [0.25, 0.3) is 0 Å². The van der Waals surface area contributed by atoms with Gasteiger partial charge in [-0.3, -0.25) is 0 Å². The van der Waals surface area contributed by atoms with Crippen molar-refractivity contribution in [3.05, 3.63) is 22.7 Å². The van der Waals surface area contributed by atoms with E-state index in [9.17, 15) is 0 Å². The molecular weight excluding hydrogens is 314 g/mol. The number of anilines is 1. The molecule has 0 amide bonds. The van der Waals surface area contributed by atoms with E-state index in [4.69, 9.17) is 26.8 Å². The molecule has 0 atom stereocenters. The van der Waals surface area contributed by atoms with E-state index in [2.05, 4.69) is 23.7 Å². The lowest BCUT2D eigenvalue weighted by molar-refractivity contribution is 0.226. The van der Waals surface area contributed by atoms with Gasteiger partial charge in [-0.2, -0.15) is 0 Å². The molecule has 6 heteroatoms. The molecule has 0 bridgehead atoms. The summed E-state index contributed by atoms with van der Waals surface area (Å²) >= 11 is 6.15. The van der Waals surface area contributed by atoms with Gasteiger partial charge in [0, 0.05) is 12.6 Å². The van der Waals surface area contributed by atoms with E-state index in [1.165, 1.54) is 0 Å². The topological polar surface area (TPSA) is 60.1 Å². The first-order chi connectivity index (χ1) is 10.9. The van der Waals surface area contributed by atoms with E-state index >= 15 is 0 Å². The highest BCUT2D eigenvalue weighted by Crippen LogP contribution is 2.29.